The monoisotopic (exact) mass is 400 g/mol. The van der Waals surface area contributed by atoms with Crippen LogP contribution in [0.4, 0.5) is 8.78 Å². The number of ether oxygens (including phenoxy) is 1. The molecule has 152 valence electrons. The Balaban J connectivity index is 1.61. The summed E-state index contributed by atoms with van der Waals surface area (Å²) in [5.41, 5.74) is 3.54. The van der Waals surface area contributed by atoms with Gasteiger partial charge in [0, 0.05) is 31.3 Å². The van der Waals surface area contributed by atoms with Crippen LogP contribution in [0.3, 0.4) is 0 Å². The minimum atomic E-state index is -2.87. The van der Waals surface area contributed by atoms with Gasteiger partial charge in [-0.2, -0.15) is 13.9 Å². The highest BCUT2D eigenvalue weighted by atomic mass is 19.3. The van der Waals surface area contributed by atoms with Gasteiger partial charge in [-0.05, 0) is 24.6 Å². The first-order valence-corrected chi connectivity index (χ1v) is 8.98. The highest BCUT2D eigenvalue weighted by molar-refractivity contribution is 5.79. The minimum Gasteiger partial charge on any atom is -0.434 e. The fraction of sp³-hybridized carbons (Fsp3) is 0.250. The lowest BCUT2D eigenvalue weighted by molar-refractivity contribution is -0.0504. The fourth-order valence-electron chi connectivity index (χ4n) is 2.82. The van der Waals surface area contributed by atoms with E-state index in [0.717, 1.165) is 16.7 Å². The first-order chi connectivity index (χ1) is 14.0. The van der Waals surface area contributed by atoms with Crippen molar-refractivity contribution in [3.8, 4) is 17.1 Å². The number of halogens is 2. The number of aryl methyl sites for hydroxylation is 1. The van der Waals surface area contributed by atoms with Crippen molar-refractivity contribution in [1.29, 1.82) is 0 Å². The molecule has 0 unspecified atom stereocenters. The number of guanidine groups is 1. The van der Waals surface area contributed by atoms with Crippen molar-refractivity contribution >= 4 is 5.96 Å². The number of aromatic amines is 1. The Morgan fingerprint density at radius 2 is 2.00 bits per heavy atom. The molecule has 0 fully saturated rings. The first kappa shape index (κ1) is 20.2. The van der Waals surface area contributed by atoms with Gasteiger partial charge in [0.25, 0.3) is 0 Å². The molecule has 1 heterocycles. The van der Waals surface area contributed by atoms with Gasteiger partial charge in [-0.15, -0.1) is 0 Å². The minimum absolute atomic E-state index is 0.147. The molecule has 2 aromatic carbocycles. The molecule has 0 amide bonds. The Labute approximate surface area is 167 Å². The van der Waals surface area contributed by atoms with Crippen LogP contribution in [0.25, 0.3) is 11.4 Å². The summed E-state index contributed by atoms with van der Waals surface area (Å²) in [4.78, 5) is 8.33. The van der Waals surface area contributed by atoms with Crippen LogP contribution in [0.15, 0.2) is 53.8 Å². The molecule has 9 heteroatoms. The topological polar surface area (TPSA) is 87.2 Å². The maximum Gasteiger partial charge on any atom is 0.387 e. The summed E-state index contributed by atoms with van der Waals surface area (Å²) >= 11 is 0. The van der Waals surface area contributed by atoms with Gasteiger partial charge >= 0.3 is 6.61 Å². The van der Waals surface area contributed by atoms with E-state index in [1.807, 2.05) is 31.2 Å². The van der Waals surface area contributed by atoms with Gasteiger partial charge in [-0.25, -0.2) is 4.98 Å². The molecule has 7 nitrogen and oxygen atoms in total. The predicted molar refractivity (Wildman–Crippen MR) is 107 cm³/mol. The van der Waals surface area contributed by atoms with Crippen LogP contribution in [0.1, 0.15) is 16.7 Å². The Morgan fingerprint density at radius 1 is 1.17 bits per heavy atom. The van der Waals surface area contributed by atoms with Crippen molar-refractivity contribution in [2.75, 3.05) is 7.05 Å². The molecule has 0 saturated carbocycles. The smallest absolute Gasteiger partial charge is 0.387 e. The van der Waals surface area contributed by atoms with Gasteiger partial charge in [-0.1, -0.05) is 35.9 Å². The Hall–Kier alpha value is -3.49. The van der Waals surface area contributed by atoms with Crippen LogP contribution in [0.2, 0.25) is 0 Å². The van der Waals surface area contributed by atoms with E-state index in [4.69, 9.17) is 0 Å². The Morgan fingerprint density at radius 3 is 2.72 bits per heavy atom. The van der Waals surface area contributed by atoms with Gasteiger partial charge in [0.1, 0.15) is 12.1 Å². The predicted octanol–water partition coefficient (Wildman–Crippen LogP) is 3.25. The number of nitrogens with zero attached hydrogens (tertiary/aromatic N) is 3. The summed E-state index contributed by atoms with van der Waals surface area (Å²) in [5.74, 6) is 1.38. The third-order valence-corrected chi connectivity index (χ3v) is 4.18. The summed E-state index contributed by atoms with van der Waals surface area (Å²) in [6, 6.07) is 12.9. The molecule has 3 rings (SSSR count). The third kappa shape index (κ3) is 5.74. The van der Waals surface area contributed by atoms with Crippen LogP contribution >= 0.6 is 0 Å². The molecule has 0 aliphatic rings. The largest absolute Gasteiger partial charge is 0.434 e. The standard InChI is InChI=1S/C20H22F2N6O/c1-13-6-7-17(29-19(21)22)16(8-13)11-25-20(23-2)24-10-14-4-3-5-15(9-14)18-26-12-27-28-18/h3-9,12,19H,10-11H2,1-2H3,(H2,23,24,25)(H,26,27,28). The number of hydrogen-bond donors (Lipinski definition) is 3. The summed E-state index contributed by atoms with van der Waals surface area (Å²) < 4.78 is 29.8. The number of hydrogen-bond acceptors (Lipinski definition) is 4. The SMILES string of the molecule is CN=C(NCc1cccc(-c2ncn[nH]2)c1)NCc1cc(C)ccc1OC(F)F. The molecule has 0 saturated heterocycles. The zero-order chi connectivity index (χ0) is 20.6. The molecule has 3 aromatic rings. The molecule has 0 atom stereocenters. The zero-order valence-electron chi connectivity index (χ0n) is 16.1. The highest BCUT2D eigenvalue weighted by Gasteiger charge is 2.10. The van der Waals surface area contributed by atoms with Gasteiger partial charge in [0.05, 0.1) is 0 Å². The van der Waals surface area contributed by atoms with E-state index in [0.29, 0.717) is 30.4 Å². The Bertz CT molecular complexity index is 959. The number of nitrogens with one attached hydrogen (secondary N) is 3. The fourth-order valence-corrected chi connectivity index (χ4v) is 2.82. The van der Waals surface area contributed by atoms with Gasteiger partial charge in [0.15, 0.2) is 11.8 Å². The normalized spacial score (nSPS) is 11.6. The molecule has 0 bridgehead atoms. The molecule has 0 spiro atoms. The zero-order valence-corrected chi connectivity index (χ0v) is 16.1. The molecule has 1 aromatic heterocycles. The molecule has 3 N–H and O–H groups in total. The summed E-state index contributed by atoms with van der Waals surface area (Å²) in [6.07, 6.45) is 1.46. The van der Waals surface area contributed by atoms with Crippen molar-refractivity contribution in [1.82, 2.24) is 25.8 Å². The van der Waals surface area contributed by atoms with Crippen LogP contribution in [0, 0.1) is 6.92 Å². The van der Waals surface area contributed by atoms with Gasteiger partial charge in [0.2, 0.25) is 0 Å². The van der Waals surface area contributed by atoms with Crippen molar-refractivity contribution in [3.05, 3.63) is 65.5 Å². The number of alkyl halides is 2. The maximum atomic E-state index is 12.6. The van der Waals surface area contributed by atoms with E-state index in [9.17, 15) is 8.78 Å². The quantitative estimate of drug-likeness (QED) is 0.419. The molecular weight excluding hydrogens is 378 g/mol. The third-order valence-electron chi connectivity index (χ3n) is 4.18. The lowest BCUT2D eigenvalue weighted by Gasteiger charge is -2.15. The van der Waals surface area contributed by atoms with Crippen molar-refractivity contribution < 1.29 is 13.5 Å². The maximum absolute atomic E-state index is 12.6. The van der Waals surface area contributed by atoms with Crippen LogP contribution in [-0.4, -0.2) is 34.8 Å². The van der Waals surface area contributed by atoms with E-state index in [2.05, 4.69) is 35.5 Å². The number of benzene rings is 2. The average molecular weight is 400 g/mol. The average Bonchev–Trinajstić information content (AvgIpc) is 3.25. The second kappa shape index (κ2) is 9.63. The molecule has 0 aliphatic carbocycles. The molecular formula is C20H22F2N6O. The second-order valence-electron chi connectivity index (χ2n) is 6.30. The van der Waals surface area contributed by atoms with Crippen molar-refractivity contribution in [3.63, 3.8) is 0 Å². The number of rotatable bonds is 7. The van der Waals surface area contributed by atoms with Crippen molar-refractivity contribution in [2.45, 2.75) is 26.6 Å². The van der Waals surface area contributed by atoms with Gasteiger partial charge in [-0.3, -0.25) is 10.1 Å². The molecule has 0 aliphatic heterocycles. The summed E-state index contributed by atoms with van der Waals surface area (Å²) in [6.45, 7) is -0.160. The highest BCUT2D eigenvalue weighted by Crippen LogP contribution is 2.22. The number of H-pyrrole nitrogens is 1. The van der Waals surface area contributed by atoms with E-state index in [1.165, 1.54) is 6.33 Å². The first-order valence-electron chi connectivity index (χ1n) is 8.98. The summed E-state index contributed by atoms with van der Waals surface area (Å²) in [5, 5.41) is 13.0. The summed E-state index contributed by atoms with van der Waals surface area (Å²) in [7, 11) is 1.65. The lowest BCUT2D eigenvalue weighted by atomic mass is 10.1. The number of aromatic nitrogens is 3. The van der Waals surface area contributed by atoms with Crippen molar-refractivity contribution in [2.24, 2.45) is 4.99 Å². The van der Waals surface area contributed by atoms with Crippen LogP contribution in [0.5, 0.6) is 5.75 Å². The second-order valence-corrected chi connectivity index (χ2v) is 6.30. The van der Waals surface area contributed by atoms with Crippen LogP contribution < -0.4 is 15.4 Å². The van der Waals surface area contributed by atoms with Crippen LogP contribution in [-0.2, 0) is 13.1 Å². The molecule has 29 heavy (non-hydrogen) atoms. The van der Waals surface area contributed by atoms with E-state index >= 15 is 0 Å². The van der Waals surface area contributed by atoms with E-state index in [1.54, 1.807) is 25.2 Å². The number of aliphatic imine (C=N–C) groups is 1. The molecule has 0 radical (unpaired) electrons. The van der Waals surface area contributed by atoms with Gasteiger partial charge < -0.3 is 15.4 Å². The van der Waals surface area contributed by atoms with E-state index in [-0.39, 0.29) is 5.75 Å². The van der Waals surface area contributed by atoms with E-state index < -0.39 is 6.61 Å². The lowest BCUT2D eigenvalue weighted by Crippen LogP contribution is -2.36. The Kier molecular flexibility index (Phi) is 6.72.